The molecule has 0 spiro atoms. The summed E-state index contributed by atoms with van der Waals surface area (Å²) in [6.07, 6.45) is 0. The molecule has 0 bridgehead atoms. The lowest BCUT2D eigenvalue weighted by molar-refractivity contribution is -0.130. The van der Waals surface area contributed by atoms with Gasteiger partial charge in [-0.1, -0.05) is 0 Å². The molecule has 0 aliphatic carbocycles. The highest BCUT2D eigenvalue weighted by Gasteiger charge is 2.33. The van der Waals surface area contributed by atoms with Crippen molar-refractivity contribution in [2.45, 2.75) is 13.0 Å². The highest BCUT2D eigenvalue weighted by Crippen LogP contribution is 2.26. The standard InChI is InChI=1S/C11H9F3N2O2/c1-5-11(18)16(4-9(17)15-5)10-7(13)2-6(12)3-8(10)14/h2-3,5H,4H2,1H3,(H,15,17). The number of anilines is 1. The molecule has 1 atom stereocenters. The van der Waals surface area contributed by atoms with Crippen molar-refractivity contribution in [3.05, 3.63) is 29.6 Å². The third kappa shape index (κ3) is 2.03. The minimum Gasteiger partial charge on any atom is -0.343 e. The van der Waals surface area contributed by atoms with E-state index >= 15 is 0 Å². The van der Waals surface area contributed by atoms with Crippen LogP contribution in [0, 0.1) is 17.5 Å². The maximum Gasteiger partial charge on any atom is 0.249 e. The molecular weight excluding hydrogens is 249 g/mol. The Morgan fingerprint density at radius 1 is 1.22 bits per heavy atom. The molecule has 7 heteroatoms. The van der Waals surface area contributed by atoms with Gasteiger partial charge >= 0.3 is 0 Å². The maximum atomic E-state index is 13.5. The van der Waals surface area contributed by atoms with E-state index in [9.17, 15) is 22.8 Å². The molecule has 1 heterocycles. The smallest absolute Gasteiger partial charge is 0.249 e. The summed E-state index contributed by atoms with van der Waals surface area (Å²) in [5.41, 5.74) is -0.705. The van der Waals surface area contributed by atoms with E-state index < -0.39 is 47.5 Å². The molecule has 1 aliphatic rings. The Bertz CT molecular complexity index is 510. The van der Waals surface area contributed by atoms with Gasteiger partial charge in [-0.15, -0.1) is 0 Å². The topological polar surface area (TPSA) is 49.4 Å². The maximum absolute atomic E-state index is 13.5. The summed E-state index contributed by atoms with van der Waals surface area (Å²) in [5.74, 6) is -4.72. The third-order valence-corrected chi connectivity index (χ3v) is 2.57. The van der Waals surface area contributed by atoms with Crippen LogP contribution in [0.5, 0.6) is 0 Å². The van der Waals surface area contributed by atoms with Gasteiger partial charge in [0.05, 0.1) is 0 Å². The van der Waals surface area contributed by atoms with E-state index in [1.807, 2.05) is 0 Å². The van der Waals surface area contributed by atoms with Gasteiger partial charge in [-0.25, -0.2) is 13.2 Å². The van der Waals surface area contributed by atoms with Crippen molar-refractivity contribution in [1.29, 1.82) is 0 Å². The minimum absolute atomic E-state index is 0.461. The monoisotopic (exact) mass is 258 g/mol. The first-order valence-electron chi connectivity index (χ1n) is 5.15. The molecule has 0 radical (unpaired) electrons. The molecule has 1 unspecified atom stereocenters. The lowest BCUT2D eigenvalue weighted by atomic mass is 10.1. The lowest BCUT2D eigenvalue weighted by Gasteiger charge is -2.31. The molecular formula is C11H9F3N2O2. The van der Waals surface area contributed by atoms with Crippen LogP contribution in [0.1, 0.15) is 6.92 Å². The number of nitrogens with zero attached hydrogens (tertiary/aromatic N) is 1. The van der Waals surface area contributed by atoms with Gasteiger partial charge in [-0.3, -0.25) is 14.5 Å². The molecule has 0 saturated carbocycles. The van der Waals surface area contributed by atoms with E-state index in [0.29, 0.717) is 17.0 Å². The van der Waals surface area contributed by atoms with Crippen LogP contribution >= 0.6 is 0 Å². The van der Waals surface area contributed by atoms with E-state index in [0.717, 1.165) is 0 Å². The van der Waals surface area contributed by atoms with Crippen LogP contribution in [0.25, 0.3) is 0 Å². The predicted molar refractivity (Wildman–Crippen MR) is 56.3 cm³/mol. The number of carbonyl (C=O) groups is 2. The summed E-state index contributed by atoms with van der Waals surface area (Å²) in [6, 6.07) is 0.0428. The lowest BCUT2D eigenvalue weighted by Crippen LogP contribution is -2.57. The molecule has 1 saturated heterocycles. The Kier molecular flexibility index (Phi) is 2.98. The highest BCUT2D eigenvalue weighted by atomic mass is 19.1. The average molecular weight is 258 g/mol. The fraction of sp³-hybridized carbons (Fsp3) is 0.273. The van der Waals surface area contributed by atoms with Crippen LogP contribution in [-0.2, 0) is 9.59 Å². The van der Waals surface area contributed by atoms with E-state index in [1.54, 1.807) is 0 Å². The van der Waals surface area contributed by atoms with Gasteiger partial charge in [-0.2, -0.15) is 0 Å². The first-order chi connectivity index (χ1) is 8.40. The van der Waals surface area contributed by atoms with Crippen molar-refractivity contribution in [2.24, 2.45) is 0 Å². The number of amides is 2. The quantitative estimate of drug-likeness (QED) is 0.815. The molecule has 1 aromatic carbocycles. The summed E-state index contributed by atoms with van der Waals surface area (Å²) in [7, 11) is 0. The minimum atomic E-state index is -1.22. The molecule has 1 N–H and O–H groups in total. The number of rotatable bonds is 1. The molecule has 1 aromatic rings. The van der Waals surface area contributed by atoms with Crippen LogP contribution in [0.3, 0.4) is 0 Å². The number of piperazine rings is 1. The highest BCUT2D eigenvalue weighted by molar-refractivity contribution is 6.06. The van der Waals surface area contributed by atoms with Gasteiger partial charge < -0.3 is 5.32 Å². The first-order valence-corrected chi connectivity index (χ1v) is 5.15. The molecule has 0 aromatic heterocycles. The van der Waals surface area contributed by atoms with Gasteiger partial charge in [0.1, 0.15) is 24.1 Å². The zero-order valence-corrected chi connectivity index (χ0v) is 9.34. The van der Waals surface area contributed by atoms with E-state index in [2.05, 4.69) is 5.32 Å². The normalized spacial score (nSPS) is 20.0. The van der Waals surface area contributed by atoms with Crippen molar-refractivity contribution >= 4 is 17.5 Å². The van der Waals surface area contributed by atoms with Crippen LogP contribution in [0.15, 0.2) is 12.1 Å². The number of benzene rings is 1. The van der Waals surface area contributed by atoms with Gasteiger partial charge in [0.2, 0.25) is 11.8 Å². The summed E-state index contributed by atoms with van der Waals surface area (Å²) in [5, 5.41) is 2.33. The second-order valence-corrected chi connectivity index (χ2v) is 3.93. The van der Waals surface area contributed by atoms with E-state index in [4.69, 9.17) is 0 Å². The van der Waals surface area contributed by atoms with E-state index in [-0.39, 0.29) is 0 Å². The Morgan fingerprint density at radius 2 is 1.78 bits per heavy atom. The summed E-state index contributed by atoms with van der Waals surface area (Å²) in [4.78, 5) is 23.7. The van der Waals surface area contributed by atoms with Crippen molar-refractivity contribution in [1.82, 2.24) is 5.32 Å². The average Bonchev–Trinajstić information content (AvgIpc) is 2.23. The molecule has 4 nitrogen and oxygen atoms in total. The van der Waals surface area contributed by atoms with Gasteiger partial charge in [0.25, 0.3) is 0 Å². The fourth-order valence-corrected chi connectivity index (χ4v) is 1.79. The Morgan fingerprint density at radius 3 is 2.33 bits per heavy atom. The predicted octanol–water partition coefficient (Wildman–Crippen LogP) is 0.955. The first kappa shape index (κ1) is 12.4. The van der Waals surface area contributed by atoms with Crippen LogP contribution in [-0.4, -0.2) is 24.4 Å². The van der Waals surface area contributed by atoms with Crippen LogP contribution < -0.4 is 10.2 Å². The van der Waals surface area contributed by atoms with Gasteiger partial charge in [0.15, 0.2) is 11.6 Å². The second kappa shape index (κ2) is 4.32. The largest absolute Gasteiger partial charge is 0.343 e. The molecule has 2 amide bonds. The van der Waals surface area contributed by atoms with Gasteiger partial charge in [0, 0.05) is 12.1 Å². The summed E-state index contributed by atoms with van der Waals surface area (Å²) >= 11 is 0. The SMILES string of the molecule is CC1NC(=O)CN(c2c(F)cc(F)cc2F)C1=O. The van der Waals surface area contributed by atoms with Crippen molar-refractivity contribution in [3.63, 3.8) is 0 Å². The number of hydrogen-bond acceptors (Lipinski definition) is 2. The van der Waals surface area contributed by atoms with Crippen LogP contribution in [0.2, 0.25) is 0 Å². The Hall–Kier alpha value is -2.05. The molecule has 1 aliphatic heterocycles. The number of hydrogen-bond donors (Lipinski definition) is 1. The van der Waals surface area contributed by atoms with Crippen molar-refractivity contribution in [2.75, 3.05) is 11.4 Å². The second-order valence-electron chi connectivity index (χ2n) is 3.93. The molecule has 96 valence electrons. The number of carbonyl (C=O) groups excluding carboxylic acids is 2. The number of nitrogens with one attached hydrogen (secondary N) is 1. The van der Waals surface area contributed by atoms with Gasteiger partial charge in [-0.05, 0) is 6.92 Å². The third-order valence-electron chi connectivity index (χ3n) is 2.57. The van der Waals surface area contributed by atoms with Crippen molar-refractivity contribution in [3.8, 4) is 0 Å². The molecule has 18 heavy (non-hydrogen) atoms. The molecule has 2 rings (SSSR count). The Balaban J connectivity index is 2.48. The zero-order chi connectivity index (χ0) is 13.4. The fourth-order valence-electron chi connectivity index (χ4n) is 1.79. The summed E-state index contributed by atoms with van der Waals surface area (Å²) < 4.78 is 39.8. The number of halogens is 3. The Labute approximate surface area is 100 Å². The van der Waals surface area contributed by atoms with Crippen LogP contribution in [0.4, 0.5) is 18.9 Å². The van der Waals surface area contributed by atoms with Crippen molar-refractivity contribution < 1.29 is 22.8 Å². The summed E-state index contributed by atoms with van der Waals surface area (Å²) in [6.45, 7) is 0.897. The zero-order valence-electron chi connectivity index (χ0n) is 9.34. The van der Waals surface area contributed by atoms with E-state index in [1.165, 1.54) is 6.92 Å². The molecule has 1 fully saturated rings.